The van der Waals surface area contributed by atoms with Crippen LogP contribution in [0.15, 0.2) is 53.7 Å². The second-order valence-electron chi connectivity index (χ2n) is 7.31. The van der Waals surface area contributed by atoms with Gasteiger partial charge in [-0.15, -0.1) is 0 Å². The van der Waals surface area contributed by atoms with E-state index >= 15 is 0 Å². The number of aromatic nitrogens is 1. The van der Waals surface area contributed by atoms with E-state index in [1.54, 1.807) is 7.11 Å². The Morgan fingerprint density at radius 2 is 1.86 bits per heavy atom. The van der Waals surface area contributed by atoms with Crippen LogP contribution < -0.4 is 15.0 Å². The van der Waals surface area contributed by atoms with Crippen LogP contribution in [0.1, 0.15) is 11.6 Å². The Bertz CT molecular complexity index is 787. The van der Waals surface area contributed by atoms with E-state index in [1.165, 1.54) is 5.56 Å². The number of rotatable bonds is 6. The average molecular weight is 397 g/mol. The molecule has 1 aliphatic heterocycles. The topological polar surface area (TPSA) is 56.2 Å². The molecule has 7 heteroatoms. The van der Waals surface area contributed by atoms with Gasteiger partial charge in [0.25, 0.3) is 0 Å². The van der Waals surface area contributed by atoms with Gasteiger partial charge >= 0.3 is 0 Å². The maximum absolute atomic E-state index is 5.57. The van der Waals surface area contributed by atoms with E-state index in [9.17, 15) is 0 Å². The lowest BCUT2D eigenvalue weighted by molar-refractivity contribution is 0.283. The molecule has 2 aromatic rings. The number of hydrogen-bond acceptors (Lipinski definition) is 5. The van der Waals surface area contributed by atoms with Crippen LogP contribution in [0.4, 0.5) is 5.82 Å². The van der Waals surface area contributed by atoms with Crippen molar-refractivity contribution in [2.75, 3.05) is 65.9 Å². The van der Waals surface area contributed by atoms with Crippen LogP contribution in [0.3, 0.4) is 0 Å². The smallest absolute Gasteiger partial charge is 0.193 e. The fraction of sp³-hybridized carbons (Fsp3) is 0.455. The van der Waals surface area contributed by atoms with Gasteiger partial charge in [0.15, 0.2) is 5.96 Å². The minimum atomic E-state index is 0.178. The summed E-state index contributed by atoms with van der Waals surface area (Å²) in [6.45, 7) is 4.44. The third-order valence-corrected chi connectivity index (χ3v) is 5.34. The molecule has 1 N–H and O–H groups in total. The molecular weight excluding hydrogens is 364 g/mol. The highest BCUT2D eigenvalue weighted by atomic mass is 16.5. The molecule has 7 nitrogen and oxygen atoms in total. The third-order valence-electron chi connectivity index (χ3n) is 5.34. The number of aliphatic imine (C=N–C) groups is 1. The summed E-state index contributed by atoms with van der Waals surface area (Å²) >= 11 is 0. The molecule has 1 unspecified atom stereocenters. The molecule has 1 aromatic heterocycles. The van der Waals surface area contributed by atoms with Crippen molar-refractivity contribution in [3.8, 4) is 5.75 Å². The van der Waals surface area contributed by atoms with Gasteiger partial charge in [0.05, 0.1) is 13.2 Å². The van der Waals surface area contributed by atoms with Crippen molar-refractivity contribution in [1.82, 2.24) is 20.1 Å². The maximum atomic E-state index is 5.57. The second kappa shape index (κ2) is 10.1. The predicted octanol–water partition coefficient (Wildman–Crippen LogP) is 2.09. The molecule has 0 radical (unpaired) electrons. The van der Waals surface area contributed by atoms with Gasteiger partial charge in [-0.3, -0.25) is 4.99 Å². The Labute approximate surface area is 174 Å². The van der Waals surface area contributed by atoms with E-state index in [4.69, 9.17) is 4.74 Å². The van der Waals surface area contributed by atoms with E-state index in [-0.39, 0.29) is 6.04 Å². The molecule has 29 heavy (non-hydrogen) atoms. The van der Waals surface area contributed by atoms with Crippen LogP contribution in [-0.2, 0) is 0 Å². The number of ether oxygens (including phenoxy) is 1. The quantitative estimate of drug-likeness (QED) is 0.596. The lowest BCUT2D eigenvalue weighted by atomic mass is 10.0. The SMILES string of the molecule is CN=C(NCC(c1ccccc1OC)N(C)C)N1CCN(c2ccccn2)CC1. The molecular formula is C22H32N6O. The molecule has 0 saturated carbocycles. The first-order valence-corrected chi connectivity index (χ1v) is 10.0. The van der Waals surface area contributed by atoms with Gasteiger partial charge in [0, 0.05) is 51.5 Å². The first-order valence-electron chi connectivity index (χ1n) is 10.0. The number of pyridine rings is 1. The van der Waals surface area contributed by atoms with Crippen molar-refractivity contribution >= 4 is 11.8 Å². The zero-order valence-electron chi connectivity index (χ0n) is 17.9. The van der Waals surface area contributed by atoms with Crippen LogP contribution in [-0.4, -0.2) is 81.7 Å². The number of benzene rings is 1. The molecule has 156 valence electrons. The summed E-state index contributed by atoms with van der Waals surface area (Å²) in [5.74, 6) is 2.89. The Balaban J connectivity index is 1.61. The number of para-hydroxylation sites is 1. The normalized spacial score (nSPS) is 16.1. The fourth-order valence-electron chi connectivity index (χ4n) is 3.72. The zero-order valence-corrected chi connectivity index (χ0v) is 17.9. The molecule has 3 rings (SSSR count). The first-order chi connectivity index (χ1) is 14.1. The second-order valence-corrected chi connectivity index (χ2v) is 7.31. The Morgan fingerprint density at radius 3 is 2.48 bits per heavy atom. The summed E-state index contributed by atoms with van der Waals surface area (Å²) in [5.41, 5.74) is 1.17. The molecule has 0 spiro atoms. The lowest BCUT2D eigenvalue weighted by Gasteiger charge is -2.37. The minimum Gasteiger partial charge on any atom is -0.496 e. The van der Waals surface area contributed by atoms with Crippen molar-refractivity contribution in [3.05, 3.63) is 54.2 Å². The molecule has 2 heterocycles. The van der Waals surface area contributed by atoms with Crippen LogP contribution in [0, 0.1) is 0 Å². The van der Waals surface area contributed by atoms with Crippen LogP contribution in [0.2, 0.25) is 0 Å². The summed E-state index contributed by atoms with van der Waals surface area (Å²) < 4.78 is 5.57. The number of anilines is 1. The summed E-state index contributed by atoms with van der Waals surface area (Å²) in [7, 11) is 7.75. The third kappa shape index (κ3) is 5.17. The van der Waals surface area contributed by atoms with E-state index in [0.717, 1.165) is 50.3 Å². The van der Waals surface area contributed by atoms with Crippen molar-refractivity contribution < 1.29 is 4.74 Å². The zero-order chi connectivity index (χ0) is 20.6. The van der Waals surface area contributed by atoms with Gasteiger partial charge in [-0.25, -0.2) is 4.98 Å². The van der Waals surface area contributed by atoms with Gasteiger partial charge in [0.2, 0.25) is 0 Å². The van der Waals surface area contributed by atoms with Crippen molar-refractivity contribution in [2.45, 2.75) is 6.04 Å². The summed E-state index contributed by atoms with van der Waals surface area (Å²) in [6, 6.07) is 14.4. The van der Waals surface area contributed by atoms with Crippen LogP contribution >= 0.6 is 0 Å². The molecule has 0 bridgehead atoms. The minimum absolute atomic E-state index is 0.178. The predicted molar refractivity (Wildman–Crippen MR) is 119 cm³/mol. The molecule has 1 saturated heterocycles. The van der Waals surface area contributed by atoms with E-state index in [2.05, 4.69) is 62.3 Å². The summed E-state index contributed by atoms with van der Waals surface area (Å²) in [5, 5.41) is 3.57. The average Bonchev–Trinajstić information content (AvgIpc) is 2.77. The Kier molecular flexibility index (Phi) is 7.30. The van der Waals surface area contributed by atoms with Crippen molar-refractivity contribution in [2.24, 2.45) is 4.99 Å². The highest BCUT2D eigenvalue weighted by Gasteiger charge is 2.23. The fourth-order valence-corrected chi connectivity index (χ4v) is 3.72. The van der Waals surface area contributed by atoms with Gasteiger partial charge in [-0.1, -0.05) is 24.3 Å². The standard InChI is InChI=1S/C22H32N6O/c1-23-22(28-15-13-27(14-16-28)21-11-7-8-12-24-21)25-17-19(26(2)3)18-9-5-6-10-20(18)29-4/h5-12,19H,13-17H2,1-4H3,(H,23,25). The molecule has 0 amide bonds. The molecule has 1 aliphatic rings. The van der Waals surface area contributed by atoms with Crippen molar-refractivity contribution in [3.63, 3.8) is 0 Å². The molecule has 1 fully saturated rings. The largest absolute Gasteiger partial charge is 0.496 e. The summed E-state index contributed by atoms with van der Waals surface area (Å²) in [6.07, 6.45) is 1.85. The van der Waals surface area contributed by atoms with Crippen molar-refractivity contribution in [1.29, 1.82) is 0 Å². The highest BCUT2D eigenvalue weighted by Crippen LogP contribution is 2.27. The van der Waals surface area contributed by atoms with Crippen LogP contribution in [0.25, 0.3) is 0 Å². The van der Waals surface area contributed by atoms with Gasteiger partial charge in [-0.05, 0) is 32.3 Å². The van der Waals surface area contributed by atoms with E-state index < -0.39 is 0 Å². The number of piperazine rings is 1. The van der Waals surface area contributed by atoms with E-state index in [1.807, 2.05) is 37.5 Å². The number of guanidine groups is 1. The first kappa shape index (κ1) is 20.9. The van der Waals surface area contributed by atoms with Gasteiger partial charge in [-0.2, -0.15) is 0 Å². The van der Waals surface area contributed by atoms with E-state index in [0.29, 0.717) is 0 Å². The summed E-state index contributed by atoms with van der Waals surface area (Å²) in [4.78, 5) is 15.8. The number of hydrogen-bond donors (Lipinski definition) is 1. The monoisotopic (exact) mass is 396 g/mol. The lowest BCUT2D eigenvalue weighted by Crippen LogP contribution is -2.53. The number of methoxy groups -OCH3 is 1. The molecule has 1 aromatic carbocycles. The Morgan fingerprint density at radius 1 is 1.14 bits per heavy atom. The van der Waals surface area contributed by atoms with Gasteiger partial charge in [0.1, 0.15) is 11.6 Å². The molecule has 1 atom stereocenters. The van der Waals surface area contributed by atoms with Gasteiger partial charge < -0.3 is 24.8 Å². The number of nitrogens with one attached hydrogen (secondary N) is 1. The Hall–Kier alpha value is -2.80. The van der Waals surface area contributed by atoms with Crippen LogP contribution in [0.5, 0.6) is 5.75 Å². The molecule has 0 aliphatic carbocycles. The maximum Gasteiger partial charge on any atom is 0.193 e. The number of nitrogens with zero attached hydrogens (tertiary/aromatic N) is 5. The number of likely N-dealkylation sites (N-methyl/N-ethyl adjacent to an activating group) is 1. The highest BCUT2D eigenvalue weighted by molar-refractivity contribution is 5.80.